The topological polar surface area (TPSA) is 73.0 Å². The van der Waals surface area contributed by atoms with Crippen LogP contribution in [0.15, 0.2) is 54.9 Å². The van der Waals surface area contributed by atoms with Crippen LogP contribution in [0.25, 0.3) is 10.9 Å². The lowest BCUT2D eigenvalue weighted by atomic mass is 10.1. The van der Waals surface area contributed by atoms with E-state index < -0.39 is 11.6 Å². The zero-order valence-electron chi connectivity index (χ0n) is 16.5. The zero-order chi connectivity index (χ0) is 21.1. The molecule has 2 aromatic carbocycles. The number of nitrogens with one attached hydrogen (secondary N) is 3. The van der Waals surface area contributed by atoms with Crippen LogP contribution in [0.3, 0.4) is 0 Å². The SMILES string of the molecule is Cc1cccc2c(CCNc3c(F)cc(Nc4ccnc(CO)c4)cc3F)c[nH]c12. The van der Waals surface area contributed by atoms with Crippen molar-refractivity contribution in [3.8, 4) is 0 Å². The summed E-state index contributed by atoms with van der Waals surface area (Å²) in [6.07, 6.45) is 4.08. The van der Waals surface area contributed by atoms with E-state index in [9.17, 15) is 8.78 Å². The molecule has 0 unspecified atom stereocenters. The number of aryl methyl sites for hydroxylation is 1. The first-order valence-electron chi connectivity index (χ1n) is 9.66. The largest absolute Gasteiger partial charge is 0.390 e. The third-order valence-electron chi connectivity index (χ3n) is 5.01. The molecule has 7 heteroatoms. The number of rotatable bonds is 7. The van der Waals surface area contributed by atoms with Crippen LogP contribution in [0, 0.1) is 18.6 Å². The highest BCUT2D eigenvalue weighted by Crippen LogP contribution is 2.27. The maximum atomic E-state index is 14.5. The maximum absolute atomic E-state index is 14.5. The van der Waals surface area contributed by atoms with E-state index in [1.54, 1.807) is 12.1 Å². The van der Waals surface area contributed by atoms with Gasteiger partial charge in [-0.1, -0.05) is 18.2 Å². The number of aromatic nitrogens is 2. The number of aromatic amines is 1. The average Bonchev–Trinajstić information content (AvgIpc) is 3.14. The number of nitrogens with zero attached hydrogens (tertiary/aromatic N) is 1. The van der Waals surface area contributed by atoms with Crippen molar-refractivity contribution in [3.05, 3.63) is 83.3 Å². The Morgan fingerprint density at radius 3 is 2.63 bits per heavy atom. The third kappa shape index (κ3) is 4.11. The van der Waals surface area contributed by atoms with E-state index in [4.69, 9.17) is 5.11 Å². The molecule has 2 heterocycles. The highest BCUT2D eigenvalue weighted by Gasteiger charge is 2.12. The summed E-state index contributed by atoms with van der Waals surface area (Å²) in [4.78, 5) is 7.24. The predicted octanol–water partition coefficient (Wildman–Crippen LogP) is 5.04. The Morgan fingerprint density at radius 2 is 1.87 bits per heavy atom. The summed E-state index contributed by atoms with van der Waals surface area (Å²) < 4.78 is 29.1. The van der Waals surface area contributed by atoms with Gasteiger partial charge in [-0.15, -0.1) is 0 Å². The number of hydrogen-bond acceptors (Lipinski definition) is 4. The van der Waals surface area contributed by atoms with Gasteiger partial charge in [0.05, 0.1) is 12.3 Å². The van der Waals surface area contributed by atoms with Gasteiger partial charge in [0.2, 0.25) is 0 Å². The molecule has 4 aromatic rings. The molecule has 0 aliphatic carbocycles. The molecule has 0 spiro atoms. The molecule has 0 atom stereocenters. The van der Waals surface area contributed by atoms with Gasteiger partial charge in [-0.2, -0.15) is 0 Å². The minimum Gasteiger partial charge on any atom is -0.390 e. The highest BCUT2D eigenvalue weighted by molar-refractivity contribution is 5.85. The average molecular weight is 408 g/mol. The number of pyridine rings is 1. The van der Waals surface area contributed by atoms with E-state index in [-0.39, 0.29) is 18.0 Å². The number of anilines is 3. The monoisotopic (exact) mass is 408 g/mol. The van der Waals surface area contributed by atoms with Gasteiger partial charge in [-0.3, -0.25) is 4.98 Å². The van der Waals surface area contributed by atoms with E-state index in [0.717, 1.165) is 22.0 Å². The van der Waals surface area contributed by atoms with Crippen molar-refractivity contribution in [1.82, 2.24) is 9.97 Å². The number of halogens is 2. The molecule has 4 N–H and O–H groups in total. The van der Waals surface area contributed by atoms with Crippen LogP contribution in [0.4, 0.5) is 25.8 Å². The first kappa shape index (κ1) is 19.8. The van der Waals surface area contributed by atoms with E-state index in [1.165, 1.54) is 18.3 Å². The molecule has 30 heavy (non-hydrogen) atoms. The summed E-state index contributed by atoms with van der Waals surface area (Å²) in [5.74, 6) is -1.35. The lowest BCUT2D eigenvalue weighted by Gasteiger charge is -2.12. The fraction of sp³-hybridized carbons (Fsp3) is 0.174. The molecule has 0 aliphatic rings. The van der Waals surface area contributed by atoms with E-state index in [0.29, 0.717) is 24.3 Å². The van der Waals surface area contributed by atoms with Crippen molar-refractivity contribution in [3.63, 3.8) is 0 Å². The van der Waals surface area contributed by atoms with Gasteiger partial charge in [-0.05, 0) is 48.7 Å². The molecule has 0 radical (unpaired) electrons. The molecule has 0 saturated carbocycles. The van der Waals surface area contributed by atoms with Crippen LogP contribution in [0.1, 0.15) is 16.8 Å². The number of benzene rings is 2. The Hall–Kier alpha value is -3.45. The van der Waals surface area contributed by atoms with Crippen molar-refractivity contribution in [2.24, 2.45) is 0 Å². The minimum atomic E-state index is -0.677. The van der Waals surface area contributed by atoms with Gasteiger partial charge in [0.1, 0.15) is 5.69 Å². The van der Waals surface area contributed by atoms with Crippen molar-refractivity contribution in [2.45, 2.75) is 20.0 Å². The number of aliphatic hydroxyl groups is 1. The molecule has 4 rings (SSSR count). The van der Waals surface area contributed by atoms with Crippen molar-refractivity contribution < 1.29 is 13.9 Å². The molecule has 0 amide bonds. The number of aliphatic hydroxyl groups excluding tert-OH is 1. The Kier molecular flexibility index (Phi) is 5.63. The first-order chi connectivity index (χ1) is 14.5. The van der Waals surface area contributed by atoms with Crippen LogP contribution in [0.5, 0.6) is 0 Å². The van der Waals surface area contributed by atoms with Gasteiger partial charge in [0, 0.05) is 41.2 Å². The van der Waals surface area contributed by atoms with Crippen LogP contribution in [0.2, 0.25) is 0 Å². The van der Waals surface area contributed by atoms with Crippen molar-refractivity contribution in [1.29, 1.82) is 0 Å². The Bertz CT molecular complexity index is 1170. The second-order valence-corrected chi connectivity index (χ2v) is 7.12. The highest BCUT2D eigenvalue weighted by atomic mass is 19.1. The summed E-state index contributed by atoms with van der Waals surface area (Å²) in [6.45, 7) is 2.22. The molecule has 0 aliphatic heterocycles. The number of para-hydroxylation sites is 1. The van der Waals surface area contributed by atoms with Gasteiger partial charge >= 0.3 is 0 Å². The summed E-state index contributed by atoms with van der Waals surface area (Å²) in [7, 11) is 0. The predicted molar refractivity (Wildman–Crippen MR) is 115 cm³/mol. The molecule has 0 saturated heterocycles. The summed E-state index contributed by atoms with van der Waals surface area (Å²) in [5.41, 5.74) is 4.51. The number of fused-ring (bicyclic) bond motifs is 1. The molecule has 154 valence electrons. The molecular formula is C23H22F2N4O. The zero-order valence-corrected chi connectivity index (χ0v) is 16.5. The molecule has 5 nitrogen and oxygen atoms in total. The van der Waals surface area contributed by atoms with Gasteiger partial charge in [-0.25, -0.2) is 8.78 Å². The van der Waals surface area contributed by atoms with Crippen LogP contribution in [-0.2, 0) is 13.0 Å². The second kappa shape index (κ2) is 8.51. The summed E-state index contributed by atoms with van der Waals surface area (Å²) in [5, 5.41) is 16.1. The third-order valence-corrected chi connectivity index (χ3v) is 5.01. The smallest absolute Gasteiger partial charge is 0.151 e. The van der Waals surface area contributed by atoms with Gasteiger partial charge in [0.25, 0.3) is 0 Å². The Labute approximate surface area is 172 Å². The lowest BCUT2D eigenvalue weighted by molar-refractivity contribution is 0.277. The maximum Gasteiger partial charge on any atom is 0.151 e. The standard InChI is InChI=1S/C23H22F2N4O/c1-14-3-2-4-19-15(12-28-22(14)19)5-7-27-23-20(24)10-17(11-21(23)25)29-16-6-8-26-18(9-16)13-30/h2-4,6,8-12,27-28,30H,5,7,13H2,1H3,(H,26,29). The first-order valence-corrected chi connectivity index (χ1v) is 9.66. The molecule has 0 bridgehead atoms. The van der Waals surface area contributed by atoms with Gasteiger partial charge in [0.15, 0.2) is 11.6 Å². The van der Waals surface area contributed by atoms with Crippen LogP contribution in [-0.4, -0.2) is 21.6 Å². The van der Waals surface area contributed by atoms with E-state index in [2.05, 4.69) is 20.6 Å². The lowest BCUT2D eigenvalue weighted by Crippen LogP contribution is -2.08. The quantitative estimate of drug-likeness (QED) is 0.346. The van der Waals surface area contributed by atoms with Crippen molar-refractivity contribution >= 4 is 28.0 Å². The summed E-state index contributed by atoms with van der Waals surface area (Å²) >= 11 is 0. The molecule has 0 fully saturated rings. The molecule has 2 aromatic heterocycles. The fourth-order valence-corrected chi connectivity index (χ4v) is 3.52. The Balaban J connectivity index is 1.45. The fourth-order valence-electron chi connectivity index (χ4n) is 3.52. The van der Waals surface area contributed by atoms with Crippen LogP contribution >= 0.6 is 0 Å². The molecular weight excluding hydrogens is 386 g/mol. The van der Waals surface area contributed by atoms with Crippen molar-refractivity contribution in [2.75, 3.05) is 17.2 Å². The normalized spacial score (nSPS) is 11.1. The van der Waals surface area contributed by atoms with Crippen LogP contribution < -0.4 is 10.6 Å². The Morgan fingerprint density at radius 1 is 1.07 bits per heavy atom. The van der Waals surface area contributed by atoms with E-state index >= 15 is 0 Å². The summed E-state index contributed by atoms with van der Waals surface area (Å²) in [6, 6.07) is 11.8. The van der Waals surface area contributed by atoms with Gasteiger partial charge < -0.3 is 20.7 Å². The second-order valence-electron chi connectivity index (χ2n) is 7.12. The number of hydrogen-bond donors (Lipinski definition) is 4. The minimum absolute atomic E-state index is 0.151. The van der Waals surface area contributed by atoms with E-state index in [1.807, 2.05) is 31.3 Å². The number of H-pyrrole nitrogens is 1.